The van der Waals surface area contributed by atoms with Crippen LogP contribution in [-0.2, 0) is 6.61 Å². The topological polar surface area (TPSA) is 57.4 Å². The third-order valence-electron chi connectivity index (χ3n) is 3.58. The molecule has 6 heteroatoms. The highest BCUT2D eigenvalue weighted by atomic mass is 35.5. The highest BCUT2D eigenvalue weighted by Gasteiger charge is 2.13. The minimum absolute atomic E-state index is 0.208. The summed E-state index contributed by atoms with van der Waals surface area (Å²) in [6.45, 7) is 4.09. The summed E-state index contributed by atoms with van der Waals surface area (Å²) in [5.41, 5.74) is 2.68. The van der Waals surface area contributed by atoms with Gasteiger partial charge in [0.15, 0.2) is 6.61 Å². The Hall–Kier alpha value is -2.53. The van der Waals surface area contributed by atoms with Gasteiger partial charge in [0.05, 0.1) is 12.7 Å². The molecule has 0 amide bonds. The van der Waals surface area contributed by atoms with Crippen LogP contribution in [0.3, 0.4) is 0 Å². The molecule has 0 saturated heterocycles. The Kier molecular flexibility index (Phi) is 4.71. The summed E-state index contributed by atoms with van der Waals surface area (Å²) in [6.07, 6.45) is 0. The van der Waals surface area contributed by atoms with Crippen molar-refractivity contribution in [3.8, 4) is 23.0 Å². The van der Waals surface area contributed by atoms with E-state index in [9.17, 15) is 0 Å². The first-order chi connectivity index (χ1) is 11.6. The molecule has 5 nitrogen and oxygen atoms in total. The lowest BCUT2D eigenvalue weighted by Crippen LogP contribution is -1.98. The molecule has 24 heavy (non-hydrogen) atoms. The zero-order chi connectivity index (χ0) is 17.1. The molecule has 2 aromatic carbocycles. The van der Waals surface area contributed by atoms with Gasteiger partial charge in [-0.15, -0.1) is 0 Å². The number of para-hydroxylation sites is 1. The van der Waals surface area contributed by atoms with Crippen LogP contribution in [0.2, 0.25) is 5.02 Å². The average molecular weight is 345 g/mol. The molecule has 0 aliphatic rings. The van der Waals surface area contributed by atoms with Crippen LogP contribution in [0.5, 0.6) is 11.5 Å². The van der Waals surface area contributed by atoms with Crippen molar-refractivity contribution >= 4 is 11.6 Å². The van der Waals surface area contributed by atoms with Crippen molar-refractivity contribution in [1.82, 2.24) is 10.1 Å². The van der Waals surface area contributed by atoms with Crippen LogP contribution in [0.1, 0.15) is 17.0 Å². The standard InChI is InChI=1S/C18H17ClN2O3/c1-11-8-13(9-12(2)17(11)19)23-10-16-20-18(24-21-16)14-6-4-5-7-15(14)22-3/h4-9H,10H2,1-3H3. The van der Waals surface area contributed by atoms with Crippen LogP contribution >= 0.6 is 11.6 Å². The SMILES string of the molecule is COc1ccccc1-c1nc(COc2cc(C)c(Cl)c(C)c2)no1. The summed E-state index contributed by atoms with van der Waals surface area (Å²) in [7, 11) is 1.60. The van der Waals surface area contributed by atoms with E-state index in [1.165, 1.54) is 0 Å². The summed E-state index contributed by atoms with van der Waals surface area (Å²) in [5, 5.41) is 4.70. The second kappa shape index (κ2) is 6.93. The summed E-state index contributed by atoms with van der Waals surface area (Å²) in [6, 6.07) is 11.2. The molecule has 3 rings (SSSR count). The van der Waals surface area contributed by atoms with Gasteiger partial charge in [-0.1, -0.05) is 28.9 Å². The maximum Gasteiger partial charge on any atom is 0.261 e. The van der Waals surface area contributed by atoms with Gasteiger partial charge in [0.1, 0.15) is 11.5 Å². The predicted octanol–water partition coefficient (Wildman–Crippen LogP) is 4.59. The van der Waals surface area contributed by atoms with E-state index < -0.39 is 0 Å². The summed E-state index contributed by atoms with van der Waals surface area (Å²) in [5.74, 6) is 2.26. The van der Waals surface area contributed by atoms with Gasteiger partial charge in [-0.3, -0.25) is 0 Å². The molecule has 0 atom stereocenters. The number of halogens is 1. The third-order valence-corrected chi connectivity index (χ3v) is 4.18. The molecular weight excluding hydrogens is 328 g/mol. The molecule has 3 aromatic rings. The molecule has 0 aliphatic carbocycles. The smallest absolute Gasteiger partial charge is 0.261 e. The number of hydrogen-bond acceptors (Lipinski definition) is 5. The van der Waals surface area contributed by atoms with E-state index in [1.54, 1.807) is 7.11 Å². The van der Waals surface area contributed by atoms with Crippen molar-refractivity contribution in [3.05, 3.63) is 58.4 Å². The number of aryl methyl sites for hydroxylation is 2. The van der Waals surface area contributed by atoms with E-state index in [4.69, 9.17) is 25.6 Å². The van der Waals surface area contributed by atoms with Crippen LogP contribution in [0.15, 0.2) is 40.9 Å². The molecule has 1 aromatic heterocycles. The minimum Gasteiger partial charge on any atom is -0.496 e. The second-order valence-corrected chi connectivity index (χ2v) is 5.75. The lowest BCUT2D eigenvalue weighted by Gasteiger charge is -2.08. The van der Waals surface area contributed by atoms with Crippen LogP contribution in [0.25, 0.3) is 11.5 Å². The maximum absolute atomic E-state index is 6.16. The Morgan fingerprint density at radius 2 is 1.83 bits per heavy atom. The average Bonchev–Trinajstić information content (AvgIpc) is 3.06. The van der Waals surface area contributed by atoms with Crippen LogP contribution in [0, 0.1) is 13.8 Å². The maximum atomic E-state index is 6.16. The van der Waals surface area contributed by atoms with Crippen molar-refractivity contribution < 1.29 is 14.0 Å². The zero-order valence-electron chi connectivity index (χ0n) is 13.7. The number of hydrogen-bond donors (Lipinski definition) is 0. The Bertz CT molecular complexity index is 838. The van der Waals surface area contributed by atoms with Crippen molar-refractivity contribution in [1.29, 1.82) is 0 Å². The van der Waals surface area contributed by atoms with Gasteiger partial charge in [-0.05, 0) is 49.2 Å². The lowest BCUT2D eigenvalue weighted by molar-refractivity contribution is 0.286. The first-order valence-electron chi connectivity index (χ1n) is 7.44. The molecule has 0 radical (unpaired) electrons. The largest absolute Gasteiger partial charge is 0.496 e. The number of benzene rings is 2. The molecule has 124 valence electrons. The van der Waals surface area contributed by atoms with Crippen LogP contribution in [-0.4, -0.2) is 17.3 Å². The number of aromatic nitrogens is 2. The van der Waals surface area contributed by atoms with Crippen molar-refractivity contribution in [2.24, 2.45) is 0 Å². The molecule has 0 fully saturated rings. The van der Waals surface area contributed by atoms with E-state index in [0.717, 1.165) is 27.5 Å². The fraction of sp³-hybridized carbons (Fsp3) is 0.222. The molecule has 0 bridgehead atoms. The number of nitrogens with zero attached hydrogens (tertiary/aromatic N) is 2. The van der Waals surface area contributed by atoms with Gasteiger partial charge in [-0.2, -0.15) is 4.98 Å². The number of methoxy groups -OCH3 is 1. The quantitative estimate of drug-likeness (QED) is 0.677. The van der Waals surface area contributed by atoms with Gasteiger partial charge in [0.2, 0.25) is 5.82 Å². The van der Waals surface area contributed by atoms with E-state index in [2.05, 4.69) is 10.1 Å². The molecule has 0 aliphatic heterocycles. The molecular formula is C18H17ClN2O3. The Morgan fingerprint density at radius 3 is 2.54 bits per heavy atom. The molecule has 0 N–H and O–H groups in total. The Labute approximate surface area is 145 Å². The van der Waals surface area contributed by atoms with Crippen LogP contribution in [0.4, 0.5) is 0 Å². The fourth-order valence-electron chi connectivity index (χ4n) is 2.38. The number of rotatable bonds is 5. The third kappa shape index (κ3) is 3.36. The van der Waals surface area contributed by atoms with Gasteiger partial charge < -0.3 is 14.0 Å². The van der Waals surface area contributed by atoms with E-state index in [-0.39, 0.29) is 6.61 Å². The van der Waals surface area contributed by atoms with Gasteiger partial charge >= 0.3 is 0 Å². The summed E-state index contributed by atoms with van der Waals surface area (Å²) < 4.78 is 16.3. The van der Waals surface area contributed by atoms with Gasteiger partial charge in [0, 0.05) is 5.02 Å². The first kappa shape index (κ1) is 16.3. The van der Waals surface area contributed by atoms with Crippen molar-refractivity contribution in [3.63, 3.8) is 0 Å². The molecule has 0 saturated carbocycles. The van der Waals surface area contributed by atoms with Gasteiger partial charge in [0.25, 0.3) is 5.89 Å². The monoisotopic (exact) mass is 344 g/mol. The molecule has 1 heterocycles. The van der Waals surface area contributed by atoms with E-state index in [0.29, 0.717) is 17.5 Å². The van der Waals surface area contributed by atoms with E-state index in [1.807, 2.05) is 50.2 Å². The Balaban J connectivity index is 1.75. The van der Waals surface area contributed by atoms with Gasteiger partial charge in [-0.25, -0.2) is 0 Å². The van der Waals surface area contributed by atoms with Crippen molar-refractivity contribution in [2.45, 2.75) is 20.5 Å². The minimum atomic E-state index is 0.208. The lowest BCUT2D eigenvalue weighted by atomic mass is 10.1. The molecule has 0 unspecified atom stereocenters. The van der Waals surface area contributed by atoms with Crippen LogP contribution < -0.4 is 9.47 Å². The highest BCUT2D eigenvalue weighted by molar-refractivity contribution is 6.32. The molecule has 0 spiro atoms. The fourth-order valence-corrected chi connectivity index (χ4v) is 2.49. The highest BCUT2D eigenvalue weighted by Crippen LogP contribution is 2.29. The zero-order valence-corrected chi connectivity index (χ0v) is 14.4. The normalized spacial score (nSPS) is 10.7. The summed E-state index contributed by atoms with van der Waals surface area (Å²) >= 11 is 6.16. The van der Waals surface area contributed by atoms with Crippen molar-refractivity contribution in [2.75, 3.05) is 7.11 Å². The second-order valence-electron chi connectivity index (χ2n) is 5.38. The predicted molar refractivity (Wildman–Crippen MR) is 91.5 cm³/mol. The summed E-state index contributed by atoms with van der Waals surface area (Å²) in [4.78, 5) is 4.36. The Morgan fingerprint density at radius 1 is 1.12 bits per heavy atom. The number of ether oxygens (including phenoxy) is 2. The van der Waals surface area contributed by atoms with E-state index >= 15 is 0 Å². The first-order valence-corrected chi connectivity index (χ1v) is 7.82.